The number of para-hydroxylation sites is 1. The molecular formula is C20H18N6O2. The SMILES string of the molecule is Cc1cc(NC(=O)Nc2cccc(CNc3ncnc4ccccc34)c2)no1. The summed E-state index contributed by atoms with van der Waals surface area (Å²) < 4.78 is 4.93. The number of amides is 2. The molecule has 0 aliphatic rings. The number of anilines is 3. The molecule has 0 saturated heterocycles. The third-order valence-corrected chi connectivity index (χ3v) is 4.06. The molecule has 2 heterocycles. The van der Waals surface area contributed by atoms with Crippen molar-refractivity contribution in [1.29, 1.82) is 0 Å². The number of aromatic nitrogens is 3. The molecule has 2 aromatic heterocycles. The van der Waals surface area contributed by atoms with Crippen LogP contribution in [0.25, 0.3) is 10.9 Å². The van der Waals surface area contributed by atoms with Crippen molar-refractivity contribution in [3.8, 4) is 0 Å². The summed E-state index contributed by atoms with van der Waals surface area (Å²) in [7, 11) is 0. The van der Waals surface area contributed by atoms with Gasteiger partial charge < -0.3 is 15.2 Å². The standard InChI is InChI=1S/C20H18N6O2/c1-13-9-18(26-28-13)25-20(27)24-15-6-4-5-14(10-15)11-21-19-16-7-2-3-8-17(16)22-12-23-19/h2-10,12H,11H2,1H3,(H,21,22,23)(H2,24,25,26,27). The van der Waals surface area contributed by atoms with Gasteiger partial charge in [-0.3, -0.25) is 5.32 Å². The van der Waals surface area contributed by atoms with E-state index in [2.05, 4.69) is 31.1 Å². The van der Waals surface area contributed by atoms with Gasteiger partial charge in [0, 0.05) is 23.7 Å². The number of benzene rings is 2. The van der Waals surface area contributed by atoms with Gasteiger partial charge >= 0.3 is 6.03 Å². The molecule has 0 saturated carbocycles. The maximum Gasteiger partial charge on any atom is 0.324 e. The Balaban J connectivity index is 1.41. The second-order valence-electron chi connectivity index (χ2n) is 6.20. The van der Waals surface area contributed by atoms with Crippen molar-refractivity contribution in [2.45, 2.75) is 13.5 Å². The molecule has 8 heteroatoms. The summed E-state index contributed by atoms with van der Waals surface area (Å²) in [6.07, 6.45) is 1.54. The minimum absolute atomic E-state index is 0.364. The van der Waals surface area contributed by atoms with Crippen molar-refractivity contribution in [3.05, 3.63) is 72.2 Å². The van der Waals surface area contributed by atoms with Gasteiger partial charge in [0.1, 0.15) is 17.9 Å². The van der Waals surface area contributed by atoms with Crippen molar-refractivity contribution in [1.82, 2.24) is 15.1 Å². The van der Waals surface area contributed by atoms with E-state index in [0.717, 1.165) is 22.3 Å². The van der Waals surface area contributed by atoms with Crippen molar-refractivity contribution in [3.63, 3.8) is 0 Å². The number of carbonyl (C=O) groups is 1. The molecule has 140 valence electrons. The highest BCUT2D eigenvalue weighted by molar-refractivity contribution is 5.99. The minimum atomic E-state index is -0.389. The van der Waals surface area contributed by atoms with Gasteiger partial charge in [0.05, 0.1) is 5.52 Å². The Kier molecular flexibility index (Phi) is 4.83. The minimum Gasteiger partial charge on any atom is -0.365 e. The van der Waals surface area contributed by atoms with Gasteiger partial charge in [0.2, 0.25) is 0 Å². The Hall–Kier alpha value is -3.94. The number of rotatable bonds is 5. The van der Waals surface area contributed by atoms with Gasteiger partial charge in [0.15, 0.2) is 5.82 Å². The van der Waals surface area contributed by atoms with Crippen LogP contribution in [0.4, 0.5) is 22.1 Å². The fraction of sp³-hybridized carbons (Fsp3) is 0.100. The highest BCUT2D eigenvalue weighted by atomic mass is 16.5. The van der Waals surface area contributed by atoms with E-state index in [0.29, 0.717) is 23.8 Å². The van der Waals surface area contributed by atoms with Gasteiger partial charge in [-0.15, -0.1) is 0 Å². The predicted molar refractivity (Wildman–Crippen MR) is 107 cm³/mol. The molecule has 3 N–H and O–H groups in total. The Labute approximate surface area is 161 Å². The van der Waals surface area contributed by atoms with Crippen molar-refractivity contribution < 1.29 is 9.32 Å². The summed E-state index contributed by atoms with van der Waals surface area (Å²) in [5.41, 5.74) is 2.55. The zero-order valence-corrected chi connectivity index (χ0v) is 15.1. The Morgan fingerprint density at radius 2 is 1.93 bits per heavy atom. The van der Waals surface area contributed by atoms with Crippen LogP contribution < -0.4 is 16.0 Å². The van der Waals surface area contributed by atoms with Crippen LogP contribution in [-0.4, -0.2) is 21.2 Å². The molecule has 0 spiro atoms. The summed E-state index contributed by atoms with van der Waals surface area (Å²) in [5, 5.41) is 13.4. The predicted octanol–water partition coefficient (Wildman–Crippen LogP) is 4.18. The molecule has 4 rings (SSSR count). The number of carbonyl (C=O) groups excluding carboxylic acids is 1. The zero-order valence-electron chi connectivity index (χ0n) is 15.1. The lowest BCUT2D eigenvalue weighted by Gasteiger charge is -2.10. The topological polar surface area (TPSA) is 105 Å². The van der Waals surface area contributed by atoms with E-state index >= 15 is 0 Å². The molecule has 0 aliphatic carbocycles. The number of nitrogens with zero attached hydrogens (tertiary/aromatic N) is 3. The first kappa shape index (κ1) is 17.5. The summed E-state index contributed by atoms with van der Waals surface area (Å²) in [6, 6.07) is 16.6. The van der Waals surface area contributed by atoms with Crippen LogP contribution in [0.1, 0.15) is 11.3 Å². The first-order chi connectivity index (χ1) is 13.7. The maximum atomic E-state index is 12.1. The van der Waals surface area contributed by atoms with Crippen LogP contribution in [0.3, 0.4) is 0 Å². The van der Waals surface area contributed by atoms with Crippen LogP contribution in [-0.2, 0) is 6.54 Å². The number of nitrogens with one attached hydrogen (secondary N) is 3. The molecule has 8 nitrogen and oxygen atoms in total. The van der Waals surface area contributed by atoms with Crippen LogP contribution in [0.15, 0.2) is 65.4 Å². The van der Waals surface area contributed by atoms with Crippen LogP contribution in [0.5, 0.6) is 0 Å². The number of hydrogen-bond donors (Lipinski definition) is 3. The summed E-state index contributed by atoms with van der Waals surface area (Å²) in [5.74, 6) is 1.76. The molecule has 0 unspecified atom stereocenters. The number of urea groups is 1. The smallest absolute Gasteiger partial charge is 0.324 e. The van der Waals surface area contributed by atoms with Gasteiger partial charge in [-0.25, -0.2) is 14.8 Å². The normalized spacial score (nSPS) is 10.6. The fourth-order valence-corrected chi connectivity index (χ4v) is 2.79. The first-order valence-corrected chi connectivity index (χ1v) is 8.71. The van der Waals surface area contributed by atoms with Gasteiger partial charge in [-0.2, -0.15) is 0 Å². The molecule has 0 aliphatic heterocycles. The van der Waals surface area contributed by atoms with Crippen molar-refractivity contribution in [2.75, 3.05) is 16.0 Å². The molecule has 4 aromatic rings. The van der Waals surface area contributed by atoms with E-state index in [1.807, 2.05) is 48.5 Å². The lowest BCUT2D eigenvalue weighted by atomic mass is 10.2. The van der Waals surface area contributed by atoms with E-state index in [9.17, 15) is 4.79 Å². The molecule has 0 bridgehead atoms. The van der Waals surface area contributed by atoms with Gasteiger partial charge in [-0.1, -0.05) is 29.4 Å². The number of aryl methyl sites for hydroxylation is 1. The highest BCUT2D eigenvalue weighted by Crippen LogP contribution is 2.20. The Bertz CT molecular complexity index is 1120. The molecule has 28 heavy (non-hydrogen) atoms. The monoisotopic (exact) mass is 374 g/mol. The van der Waals surface area contributed by atoms with Crippen LogP contribution in [0.2, 0.25) is 0 Å². The lowest BCUT2D eigenvalue weighted by molar-refractivity contribution is 0.262. The zero-order chi connectivity index (χ0) is 19.3. The number of hydrogen-bond acceptors (Lipinski definition) is 6. The average Bonchev–Trinajstić information content (AvgIpc) is 3.11. The van der Waals surface area contributed by atoms with E-state index in [4.69, 9.17) is 4.52 Å². The molecule has 2 amide bonds. The van der Waals surface area contributed by atoms with Crippen LogP contribution >= 0.6 is 0 Å². The molecule has 0 atom stereocenters. The third-order valence-electron chi connectivity index (χ3n) is 4.06. The first-order valence-electron chi connectivity index (χ1n) is 8.71. The second kappa shape index (κ2) is 7.75. The molecule has 0 fully saturated rings. The summed E-state index contributed by atoms with van der Waals surface area (Å²) >= 11 is 0. The lowest BCUT2D eigenvalue weighted by Crippen LogP contribution is -2.19. The Morgan fingerprint density at radius 1 is 1.04 bits per heavy atom. The second-order valence-corrected chi connectivity index (χ2v) is 6.20. The van der Waals surface area contributed by atoms with E-state index in [-0.39, 0.29) is 6.03 Å². The van der Waals surface area contributed by atoms with E-state index in [1.54, 1.807) is 19.3 Å². The van der Waals surface area contributed by atoms with E-state index in [1.165, 1.54) is 0 Å². The fourth-order valence-electron chi connectivity index (χ4n) is 2.79. The van der Waals surface area contributed by atoms with E-state index < -0.39 is 0 Å². The van der Waals surface area contributed by atoms with Crippen LogP contribution in [0, 0.1) is 6.92 Å². The average molecular weight is 374 g/mol. The number of fused-ring (bicyclic) bond motifs is 1. The quantitative estimate of drug-likeness (QED) is 0.484. The summed E-state index contributed by atoms with van der Waals surface area (Å²) in [6.45, 7) is 2.31. The Morgan fingerprint density at radius 3 is 2.79 bits per heavy atom. The third kappa shape index (κ3) is 4.07. The maximum absolute atomic E-state index is 12.1. The highest BCUT2D eigenvalue weighted by Gasteiger charge is 2.07. The molecule has 2 aromatic carbocycles. The van der Waals surface area contributed by atoms with Gasteiger partial charge in [-0.05, 0) is 36.8 Å². The summed E-state index contributed by atoms with van der Waals surface area (Å²) in [4.78, 5) is 20.7. The molecular weight excluding hydrogens is 356 g/mol. The van der Waals surface area contributed by atoms with Crippen molar-refractivity contribution >= 4 is 34.3 Å². The largest absolute Gasteiger partial charge is 0.365 e. The van der Waals surface area contributed by atoms with Crippen molar-refractivity contribution in [2.24, 2.45) is 0 Å². The van der Waals surface area contributed by atoms with Gasteiger partial charge in [0.25, 0.3) is 0 Å². The molecule has 0 radical (unpaired) electrons.